The number of carbonyl (C=O) groups excluding carboxylic acids is 2. The number of nitrogens with one attached hydrogen (secondary N) is 1. The van der Waals surface area contributed by atoms with Crippen molar-refractivity contribution in [2.45, 2.75) is 38.2 Å². The van der Waals surface area contributed by atoms with E-state index in [2.05, 4.69) is 41.7 Å². The molecule has 0 radical (unpaired) electrons. The Morgan fingerprint density at radius 3 is 2.20 bits per heavy atom. The Labute approximate surface area is 217 Å². The second kappa shape index (κ2) is 9.61. The molecule has 0 aliphatic heterocycles. The van der Waals surface area contributed by atoms with E-state index >= 15 is 0 Å². The van der Waals surface area contributed by atoms with E-state index in [9.17, 15) is 9.59 Å². The molecule has 2 aromatic carbocycles. The molecule has 35 heavy (non-hydrogen) atoms. The monoisotopic (exact) mass is 521 g/mol. The van der Waals surface area contributed by atoms with Gasteiger partial charge >= 0.3 is 6.09 Å². The van der Waals surface area contributed by atoms with Gasteiger partial charge < -0.3 is 4.74 Å². The Morgan fingerprint density at radius 1 is 1.00 bits per heavy atom. The summed E-state index contributed by atoms with van der Waals surface area (Å²) in [6.07, 6.45) is 1.03. The number of hydrogen-bond donors (Lipinski definition) is 1. The van der Waals surface area contributed by atoms with Crippen LogP contribution in [-0.4, -0.2) is 11.9 Å². The van der Waals surface area contributed by atoms with E-state index in [4.69, 9.17) is 16.3 Å². The summed E-state index contributed by atoms with van der Waals surface area (Å²) in [7, 11) is 0. The third-order valence-electron chi connectivity index (χ3n) is 6.58. The highest BCUT2D eigenvalue weighted by Gasteiger charge is 2.48. The van der Waals surface area contributed by atoms with Crippen LogP contribution in [0.5, 0.6) is 0 Å². The number of carbonyl (C=O) groups is 2. The van der Waals surface area contributed by atoms with Crippen molar-refractivity contribution < 1.29 is 14.3 Å². The smallest absolute Gasteiger partial charge is 0.412 e. The normalized spacial score (nSPS) is 14.8. The first-order chi connectivity index (χ1) is 16.9. The second-order valence-corrected chi connectivity index (χ2v) is 11.3. The van der Waals surface area contributed by atoms with Crippen LogP contribution in [0.1, 0.15) is 43.9 Å². The number of hydrogen-bond acceptors (Lipinski definition) is 5. The zero-order chi connectivity index (χ0) is 24.6. The Balaban J connectivity index is 1.31. The summed E-state index contributed by atoms with van der Waals surface area (Å²) in [4.78, 5) is 25.4. The van der Waals surface area contributed by atoms with Crippen molar-refractivity contribution in [2.75, 3.05) is 5.32 Å². The van der Waals surface area contributed by atoms with Crippen molar-refractivity contribution in [3.63, 3.8) is 0 Å². The highest BCUT2D eigenvalue weighted by Crippen LogP contribution is 2.49. The van der Waals surface area contributed by atoms with Gasteiger partial charge in [0.1, 0.15) is 11.9 Å². The SMILES string of the molecule is CC(=O)C1(c2ccc(-c3ccc(-c4sc(Cl)cc4NC(=O)OC(C)c4ccsc4)cc3)cc2)CC1. The maximum absolute atomic E-state index is 12.5. The first-order valence-corrected chi connectivity index (χ1v) is 13.5. The zero-order valence-corrected chi connectivity index (χ0v) is 21.7. The molecule has 1 unspecified atom stereocenters. The van der Waals surface area contributed by atoms with E-state index in [1.54, 1.807) is 24.3 Å². The molecule has 1 amide bonds. The molecular weight excluding hydrogens is 498 g/mol. The Bertz CT molecular complexity index is 1350. The molecule has 4 nitrogen and oxygen atoms in total. The molecule has 0 saturated heterocycles. The number of amides is 1. The number of Topliss-reactive ketones (excluding diaryl/α,β-unsaturated/α-hetero) is 1. The molecule has 4 aromatic rings. The summed E-state index contributed by atoms with van der Waals surface area (Å²) in [5.41, 5.74) is 5.56. The minimum atomic E-state index is -0.518. The van der Waals surface area contributed by atoms with Crippen molar-refractivity contribution in [3.05, 3.63) is 86.9 Å². The maximum atomic E-state index is 12.5. The number of thiophene rings is 2. The fourth-order valence-corrected chi connectivity index (χ4v) is 6.24. The molecule has 2 aromatic heterocycles. The van der Waals surface area contributed by atoms with Crippen molar-refractivity contribution in [1.29, 1.82) is 0 Å². The van der Waals surface area contributed by atoms with Gasteiger partial charge in [-0.2, -0.15) is 11.3 Å². The van der Waals surface area contributed by atoms with Gasteiger partial charge in [-0.25, -0.2) is 4.79 Å². The Hall–Kier alpha value is -2.93. The number of benzene rings is 2. The van der Waals surface area contributed by atoms with Gasteiger partial charge in [0.25, 0.3) is 0 Å². The lowest BCUT2D eigenvalue weighted by Gasteiger charge is -2.13. The standard InChI is InChI=1S/C28H24ClNO3S2/c1-17(22-11-14-34-16-22)33-27(32)30-24-15-25(29)35-26(24)21-5-3-19(4-6-21)20-7-9-23(10-8-20)28(12-13-28)18(2)31/h3-11,14-17H,12-13H2,1-2H3,(H,30,32). The van der Waals surface area contributed by atoms with Crippen LogP contribution >= 0.6 is 34.3 Å². The molecule has 2 heterocycles. The van der Waals surface area contributed by atoms with Crippen LogP contribution in [0.25, 0.3) is 21.6 Å². The molecular formula is C28H24ClNO3S2. The van der Waals surface area contributed by atoms with Crippen molar-refractivity contribution >= 4 is 51.8 Å². The van der Waals surface area contributed by atoms with Crippen molar-refractivity contribution in [1.82, 2.24) is 0 Å². The van der Waals surface area contributed by atoms with Crippen LogP contribution in [-0.2, 0) is 14.9 Å². The fourth-order valence-electron chi connectivity index (χ4n) is 4.31. The summed E-state index contributed by atoms with van der Waals surface area (Å²) in [5.74, 6) is 0.249. The highest BCUT2D eigenvalue weighted by molar-refractivity contribution is 7.20. The zero-order valence-electron chi connectivity index (χ0n) is 19.3. The topological polar surface area (TPSA) is 55.4 Å². The van der Waals surface area contributed by atoms with Gasteiger partial charge in [-0.05, 0) is 71.8 Å². The molecule has 178 valence electrons. The molecule has 1 atom stereocenters. The molecule has 7 heteroatoms. The van der Waals surface area contributed by atoms with E-state index in [-0.39, 0.29) is 17.3 Å². The van der Waals surface area contributed by atoms with Gasteiger partial charge in [-0.15, -0.1) is 11.3 Å². The predicted molar refractivity (Wildman–Crippen MR) is 145 cm³/mol. The van der Waals surface area contributed by atoms with E-state index in [1.807, 2.05) is 35.9 Å². The number of rotatable bonds is 7. The molecule has 1 aliphatic rings. The van der Waals surface area contributed by atoms with Crippen LogP contribution in [0.15, 0.2) is 71.4 Å². The van der Waals surface area contributed by atoms with Gasteiger partial charge in [-0.1, -0.05) is 60.1 Å². The fraction of sp³-hybridized carbons (Fsp3) is 0.214. The number of ether oxygens (including phenoxy) is 1. The first kappa shape index (κ1) is 23.8. The molecule has 0 bridgehead atoms. The largest absolute Gasteiger partial charge is 0.441 e. The molecule has 1 aliphatic carbocycles. The van der Waals surface area contributed by atoms with E-state index in [0.29, 0.717) is 10.0 Å². The first-order valence-electron chi connectivity index (χ1n) is 11.4. The lowest BCUT2D eigenvalue weighted by Crippen LogP contribution is -2.16. The average molecular weight is 522 g/mol. The third-order valence-corrected chi connectivity index (χ3v) is 8.59. The Kier molecular flexibility index (Phi) is 6.53. The van der Waals surface area contributed by atoms with Crippen LogP contribution in [0.2, 0.25) is 4.34 Å². The second-order valence-electron chi connectivity index (χ2n) is 8.82. The summed E-state index contributed by atoms with van der Waals surface area (Å²) in [6, 6.07) is 20.1. The van der Waals surface area contributed by atoms with Crippen molar-refractivity contribution in [3.8, 4) is 21.6 Å². The summed E-state index contributed by atoms with van der Waals surface area (Å²) >= 11 is 9.27. The van der Waals surface area contributed by atoms with Gasteiger partial charge in [-0.3, -0.25) is 10.1 Å². The minimum absolute atomic E-state index is 0.249. The molecule has 1 N–H and O–H groups in total. The van der Waals surface area contributed by atoms with Crippen molar-refractivity contribution in [2.24, 2.45) is 0 Å². The molecule has 1 saturated carbocycles. The molecule has 5 rings (SSSR count). The molecule has 1 fully saturated rings. The predicted octanol–water partition coefficient (Wildman–Crippen LogP) is 8.73. The van der Waals surface area contributed by atoms with Gasteiger partial charge in [0.2, 0.25) is 0 Å². The summed E-state index contributed by atoms with van der Waals surface area (Å²) in [5, 5.41) is 6.77. The number of halogens is 1. The summed E-state index contributed by atoms with van der Waals surface area (Å²) in [6.45, 7) is 3.53. The average Bonchev–Trinajstić information content (AvgIpc) is 3.32. The number of anilines is 1. The lowest BCUT2D eigenvalue weighted by molar-refractivity contribution is -0.119. The lowest BCUT2D eigenvalue weighted by atomic mass is 9.90. The van der Waals surface area contributed by atoms with Gasteiger partial charge in [0, 0.05) is 5.56 Å². The minimum Gasteiger partial charge on any atom is -0.441 e. The van der Waals surface area contributed by atoms with E-state index in [1.165, 1.54) is 11.3 Å². The third kappa shape index (κ3) is 4.92. The Morgan fingerprint density at radius 2 is 1.63 bits per heavy atom. The number of ketones is 1. The molecule has 0 spiro atoms. The van der Waals surface area contributed by atoms with E-state index < -0.39 is 6.09 Å². The highest BCUT2D eigenvalue weighted by atomic mass is 35.5. The van der Waals surface area contributed by atoms with Crippen LogP contribution < -0.4 is 5.32 Å². The van der Waals surface area contributed by atoms with E-state index in [0.717, 1.165) is 45.5 Å². The quantitative estimate of drug-likeness (QED) is 0.264. The van der Waals surface area contributed by atoms with Gasteiger partial charge in [0.05, 0.1) is 20.3 Å². The summed E-state index contributed by atoms with van der Waals surface area (Å²) < 4.78 is 6.11. The van der Waals surface area contributed by atoms with Crippen LogP contribution in [0, 0.1) is 0 Å². The van der Waals surface area contributed by atoms with Crippen LogP contribution in [0.3, 0.4) is 0 Å². The maximum Gasteiger partial charge on any atom is 0.412 e. The van der Waals surface area contributed by atoms with Gasteiger partial charge in [0.15, 0.2) is 0 Å². The van der Waals surface area contributed by atoms with Crippen LogP contribution in [0.4, 0.5) is 10.5 Å².